The van der Waals surface area contributed by atoms with Crippen LogP contribution in [0.25, 0.3) is 0 Å². The van der Waals surface area contributed by atoms with Crippen LogP contribution in [0.15, 0.2) is 12.3 Å². The predicted octanol–water partition coefficient (Wildman–Crippen LogP) is 1.59. The minimum atomic E-state index is -0.279. The minimum absolute atomic E-state index is 0.0794. The van der Waals surface area contributed by atoms with Crippen LogP contribution in [0.4, 0.5) is 5.69 Å². The lowest BCUT2D eigenvalue weighted by atomic mass is 10.2. The third kappa shape index (κ3) is 8.12. The molecule has 0 unspecified atom stereocenters. The first-order chi connectivity index (χ1) is 13.1. The molecule has 3 amide bonds. The summed E-state index contributed by atoms with van der Waals surface area (Å²) in [5.74, 6) is -0.598. The molecule has 0 spiro atoms. The van der Waals surface area contributed by atoms with Crippen molar-refractivity contribution in [3.05, 3.63) is 18.0 Å². The molecule has 3 N–H and O–H groups in total. The number of hydrogen-bond donors (Lipinski definition) is 3. The number of carbonyl (C=O) groups excluding carboxylic acids is 3. The van der Waals surface area contributed by atoms with E-state index < -0.39 is 0 Å². The van der Waals surface area contributed by atoms with Crippen molar-refractivity contribution in [3.8, 4) is 0 Å². The molecule has 1 heterocycles. The topological polar surface area (TPSA) is 95.5 Å². The van der Waals surface area contributed by atoms with Gasteiger partial charge in [0.25, 0.3) is 5.91 Å². The van der Waals surface area contributed by atoms with Crippen LogP contribution in [-0.2, 0) is 16.6 Å². The summed E-state index contributed by atoms with van der Waals surface area (Å²) in [6, 6.07) is 2.11. The van der Waals surface area contributed by atoms with Crippen molar-refractivity contribution >= 4 is 23.4 Å². The molecule has 1 aromatic heterocycles. The monoisotopic (exact) mass is 393 g/mol. The van der Waals surface area contributed by atoms with Crippen LogP contribution in [0.3, 0.4) is 0 Å². The van der Waals surface area contributed by atoms with E-state index in [9.17, 15) is 14.4 Å². The Morgan fingerprint density at radius 2 is 1.79 bits per heavy atom. The van der Waals surface area contributed by atoms with Crippen LogP contribution < -0.4 is 16.0 Å². The molecule has 158 valence electrons. The third-order valence-electron chi connectivity index (χ3n) is 4.56. The van der Waals surface area contributed by atoms with E-state index in [1.165, 1.54) is 0 Å². The van der Waals surface area contributed by atoms with Gasteiger partial charge < -0.3 is 25.4 Å². The first-order valence-electron chi connectivity index (χ1n) is 9.84. The highest BCUT2D eigenvalue weighted by Gasteiger charge is 2.14. The van der Waals surface area contributed by atoms with Crippen molar-refractivity contribution in [2.45, 2.75) is 46.6 Å². The highest BCUT2D eigenvalue weighted by Crippen LogP contribution is 2.14. The molecule has 0 bridgehead atoms. The Bertz CT molecular complexity index is 667. The molecule has 28 heavy (non-hydrogen) atoms. The molecule has 0 radical (unpaired) electrons. The summed E-state index contributed by atoms with van der Waals surface area (Å²) < 4.78 is 1.65. The SMILES string of the molecule is CC(C)C(=O)Nc1cc(C(=O)NCCC(=O)NCCCN(C)C(C)C)n(C)c1. The van der Waals surface area contributed by atoms with Gasteiger partial charge in [0.1, 0.15) is 5.69 Å². The normalized spacial score (nSPS) is 11.2. The zero-order valence-corrected chi connectivity index (χ0v) is 18.0. The third-order valence-corrected chi connectivity index (χ3v) is 4.56. The smallest absolute Gasteiger partial charge is 0.267 e. The van der Waals surface area contributed by atoms with Crippen molar-refractivity contribution in [3.63, 3.8) is 0 Å². The fraction of sp³-hybridized carbons (Fsp3) is 0.650. The number of anilines is 1. The standard InChI is InChI=1S/C20H35N5O3/c1-14(2)19(27)23-16-12-17(25(6)13-16)20(28)22-10-8-18(26)21-9-7-11-24(5)15(3)4/h12-15H,7-11H2,1-6H3,(H,21,26)(H,22,28)(H,23,27). The highest BCUT2D eigenvalue weighted by atomic mass is 16.2. The second-order valence-corrected chi connectivity index (χ2v) is 7.65. The van der Waals surface area contributed by atoms with Crippen LogP contribution >= 0.6 is 0 Å². The number of amides is 3. The van der Waals surface area contributed by atoms with Gasteiger partial charge in [0.15, 0.2) is 0 Å². The van der Waals surface area contributed by atoms with Gasteiger partial charge in [-0.15, -0.1) is 0 Å². The maximum atomic E-state index is 12.3. The van der Waals surface area contributed by atoms with Gasteiger partial charge in [0.05, 0.1) is 5.69 Å². The van der Waals surface area contributed by atoms with Gasteiger partial charge in [0, 0.05) is 44.7 Å². The van der Waals surface area contributed by atoms with Gasteiger partial charge in [-0.2, -0.15) is 0 Å². The van der Waals surface area contributed by atoms with E-state index in [4.69, 9.17) is 0 Å². The quantitative estimate of drug-likeness (QED) is 0.498. The number of aromatic nitrogens is 1. The number of hydrogen-bond acceptors (Lipinski definition) is 4. The zero-order chi connectivity index (χ0) is 21.3. The lowest BCUT2D eigenvalue weighted by Crippen LogP contribution is -2.33. The van der Waals surface area contributed by atoms with Gasteiger partial charge >= 0.3 is 0 Å². The summed E-state index contributed by atoms with van der Waals surface area (Å²) in [5, 5.41) is 8.38. The number of rotatable bonds is 11. The van der Waals surface area contributed by atoms with Crippen molar-refractivity contribution in [1.82, 2.24) is 20.1 Å². The molecule has 1 rings (SSSR count). The van der Waals surface area contributed by atoms with Crippen LogP contribution in [0, 0.1) is 5.92 Å². The molecule has 8 heteroatoms. The Morgan fingerprint density at radius 1 is 1.11 bits per heavy atom. The van der Waals surface area contributed by atoms with Crippen molar-refractivity contribution in [1.29, 1.82) is 0 Å². The molecular weight excluding hydrogens is 358 g/mol. The molecule has 0 aliphatic carbocycles. The van der Waals surface area contributed by atoms with E-state index in [1.54, 1.807) is 37.7 Å². The van der Waals surface area contributed by atoms with E-state index >= 15 is 0 Å². The predicted molar refractivity (Wildman–Crippen MR) is 111 cm³/mol. The van der Waals surface area contributed by atoms with Crippen molar-refractivity contribution in [2.24, 2.45) is 13.0 Å². The summed E-state index contributed by atoms with van der Waals surface area (Å²) in [5.41, 5.74) is 1.01. The fourth-order valence-corrected chi connectivity index (χ4v) is 2.43. The Morgan fingerprint density at radius 3 is 2.39 bits per heavy atom. The molecule has 0 aliphatic heterocycles. The van der Waals surface area contributed by atoms with E-state index in [2.05, 4.69) is 41.7 Å². The van der Waals surface area contributed by atoms with Crippen LogP contribution in [0.1, 0.15) is 51.0 Å². The molecule has 8 nitrogen and oxygen atoms in total. The summed E-state index contributed by atoms with van der Waals surface area (Å²) in [7, 11) is 3.80. The summed E-state index contributed by atoms with van der Waals surface area (Å²) in [6.07, 6.45) is 2.81. The molecule has 0 aromatic carbocycles. The second-order valence-electron chi connectivity index (χ2n) is 7.65. The van der Waals surface area contributed by atoms with Gasteiger partial charge in [-0.3, -0.25) is 14.4 Å². The summed E-state index contributed by atoms with van der Waals surface area (Å²) >= 11 is 0. The first kappa shape index (κ1) is 23.7. The Balaban J connectivity index is 2.33. The van der Waals surface area contributed by atoms with Gasteiger partial charge in [-0.1, -0.05) is 13.8 Å². The highest BCUT2D eigenvalue weighted by molar-refractivity contribution is 5.97. The van der Waals surface area contributed by atoms with Crippen LogP contribution in [-0.4, -0.2) is 59.9 Å². The van der Waals surface area contributed by atoms with E-state index in [0.29, 0.717) is 24.0 Å². The summed E-state index contributed by atoms with van der Waals surface area (Å²) in [6.45, 7) is 9.69. The molecule has 0 fully saturated rings. The van der Waals surface area contributed by atoms with Crippen LogP contribution in [0.2, 0.25) is 0 Å². The molecule has 1 aromatic rings. The lowest BCUT2D eigenvalue weighted by molar-refractivity contribution is -0.121. The van der Waals surface area contributed by atoms with E-state index in [1.807, 2.05) is 0 Å². The van der Waals surface area contributed by atoms with E-state index in [0.717, 1.165) is 13.0 Å². The van der Waals surface area contributed by atoms with Crippen LogP contribution in [0.5, 0.6) is 0 Å². The second kappa shape index (κ2) is 11.5. The fourth-order valence-electron chi connectivity index (χ4n) is 2.43. The molecule has 0 saturated carbocycles. The largest absolute Gasteiger partial charge is 0.356 e. The maximum Gasteiger partial charge on any atom is 0.267 e. The Kier molecular flexibility index (Phi) is 9.72. The van der Waals surface area contributed by atoms with Gasteiger partial charge in [-0.25, -0.2) is 0 Å². The van der Waals surface area contributed by atoms with Gasteiger partial charge in [0.2, 0.25) is 11.8 Å². The van der Waals surface area contributed by atoms with Crippen molar-refractivity contribution in [2.75, 3.05) is 32.0 Å². The van der Waals surface area contributed by atoms with Crippen molar-refractivity contribution < 1.29 is 14.4 Å². The Labute approximate surface area is 168 Å². The average molecular weight is 394 g/mol. The minimum Gasteiger partial charge on any atom is -0.356 e. The lowest BCUT2D eigenvalue weighted by Gasteiger charge is -2.20. The molecular formula is C20H35N5O3. The molecule has 0 saturated heterocycles. The Hall–Kier alpha value is -2.35. The number of carbonyl (C=O) groups is 3. The molecule has 0 aliphatic rings. The average Bonchev–Trinajstić information content (AvgIpc) is 2.98. The molecule has 0 atom stereocenters. The first-order valence-corrected chi connectivity index (χ1v) is 9.84. The number of nitrogens with zero attached hydrogens (tertiary/aromatic N) is 2. The van der Waals surface area contributed by atoms with Gasteiger partial charge in [-0.05, 0) is 39.9 Å². The maximum absolute atomic E-state index is 12.3. The zero-order valence-electron chi connectivity index (χ0n) is 18.0. The number of aryl methyl sites for hydroxylation is 1. The van der Waals surface area contributed by atoms with E-state index in [-0.39, 0.29) is 36.6 Å². The summed E-state index contributed by atoms with van der Waals surface area (Å²) in [4.78, 5) is 38.2. The number of nitrogens with one attached hydrogen (secondary N) is 3.